The van der Waals surface area contributed by atoms with Crippen LogP contribution in [-0.2, 0) is 197 Å². The summed E-state index contributed by atoms with van der Waals surface area (Å²) in [5, 5.41) is 16.6. The molecule has 0 aromatic heterocycles. The van der Waals surface area contributed by atoms with Gasteiger partial charge in [-0.25, -0.2) is 33.0 Å². The molecule has 0 saturated carbocycles. The molecule has 30 heteroatoms. The maximum Gasteiger partial charge on any atom is 2.00 e. The van der Waals surface area contributed by atoms with Crippen LogP contribution in [0.4, 0.5) is 0 Å². The predicted molar refractivity (Wildman–Crippen MR) is 222 cm³/mol. The minimum Gasteiger partial charge on any atom is -0.797 e. The van der Waals surface area contributed by atoms with Crippen LogP contribution in [0.25, 0.3) is 34.4 Å². The Morgan fingerprint density at radius 2 is 0.603 bits per heavy atom. The molecular weight excluding hydrogens is 1170 g/mol. The molecular formula is C28H60Cu6N12O6S6-7. The molecule has 18 nitrogen and oxygen atoms in total. The van der Waals surface area contributed by atoms with Crippen LogP contribution in [0.1, 0.15) is 0 Å². The van der Waals surface area contributed by atoms with E-state index in [4.69, 9.17) is 114 Å². The molecule has 0 bridgehead atoms. The van der Waals surface area contributed by atoms with E-state index in [1.54, 1.807) is 23.9 Å². The van der Waals surface area contributed by atoms with Gasteiger partial charge < -0.3 is 169 Å². The van der Waals surface area contributed by atoms with E-state index in [0.717, 1.165) is 105 Å². The maximum absolute atomic E-state index is 8.31. The number of nitrogens with one attached hydrogen (secondary N) is 6. The first-order valence-corrected chi connectivity index (χ1v) is 19.5. The quantitative estimate of drug-likeness (QED) is 0.222. The molecule has 6 unspecified atom stereocenters. The number of hydrogen-bond acceptors (Lipinski definition) is 18. The molecule has 4 aliphatic heterocycles. The molecule has 0 amide bonds. The van der Waals surface area contributed by atoms with Crippen molar-refractivity contribution in [3.63, 3.8) is 0 Å². The van der Waals surface area contributed by atoms with Crippen LogP contribution in [0, 0.1) is 0 Å². The van der Waals surface area contributed by atoms with Crippen molar-refractivity contribution in [2.24, 2.45) is 0 Å². The normalized spacial score (nSPS) is 20.2. The van der Waals surface area contributed by atoms with Gasteiger partial charge in [0.05, 0.1) is 66.1 Å². The van der Waals surface area contributed by atoms with Gasteiger partial charge in [-0.1, -0.05) is 0 Å². The molecule has 58 heavy (non-hydrogen) atoms. The Morgan fingerprint density at radius 3 is 0.672 bits per heavy atom. The summed E-state index contributed by atoms with van der Waals surface area (Å²) >= 11 is 28.0. The van der Waals surface area contributed by atoms with Crippen molar-refractivity contribution in [1.82, 2.24) is 29.4 Å². The van der Waals surface area contributed by atoms with E-state index in [2.05, 4.69) is 25.3 Å². The second-order valence-electron chi connectivity index (χ2n) is 11.1. The smallest absolute Gasteiger partial charge is 0.797 e. The molecule has 4 aliphatic rings. The Kier molecular flexibility index (Phi) is 74.2. The standard InChI is InChI=1S/4C5H11N2OS.2C4H11N2OS.6Cu/c4*6-5(9)7-1-3-8-4-2-7;2*1-6(2-3-7)4(5)8;;;;;;/h4*5-6,9H,1-4H2;2*4-5,7-8H,2-3H2,1H3;;;;;;/q6*-1;;;3*+1;+2/p-6. The number of rotatable bonds is 10. The third-order valence-corrected chi connectivity index (χ3v) is 9.13. The minimum atomic E-state index is -0.623. The minimum absolute atomic E-state index is 0. The average molecular weight is 1230 g/mol. The van der Waals surface area contributed by atoms with Gasteiger partial charge in [0.25, 0.3) is 0 Å². The molecule has 4 heterocycles. The van der Waals surface area contributed by atoms with Gasteiger partial charge in [-0.3, -0.25) is 0 Å². The van der Waals surface area contributed by atoms with Crippen molar-refractivity contribution in [3.05, 3.63) is 34.4 Å². The summed E-state index contributed by atoms with van der Waals surface area (Å²) in [6, 6.07) is 0. The first kappa shape index (κ1) is 79.6. The zero-order valence-electron chi connectivity index (χ0n) is 32.1. The molecule has 377 valence electrons. The van der Waals surface area contributed by atoms with E-state index in [1.165, 1.54) is 0 Å². The van der Waals surface area contributed by atoms with E-state index in [1.807, 2.05) is 19.6 Å². The van der Waals surface area contributed by atoms with Crippen molar-refractivity contribution in [2.75, 3.05) is 146 Å². The molecule has 4 fully saturated rings. The summed E-state index contributed by atoms with van der Waals surface area (Å²) in [5.74, 6) is 0. The fraction of sp³-hybridized carbons (Fsp3) is 1.00. The fourth-order valence-electron chi connectivity index (χ4n) is 3.80. The maximum atomic E-state index is 8.31. The number of aliphatic hydroxyl groups is 2. The number of hydrogen-bond donors (Lipinski definition) is 2. The number of morpholine rings is 4. The van der Waals surface area contributed by atoms with Crippen LogP contribution in [0.15, 0.2) is 0 Å². The number of ether oxygens (including phenoxy) is 4. The summed E-state index contributed by atoms with van der Waals surface area (Å²) in [5.41, 5.74) is 39.3. The topological polar surface area (TPSA) is 240 Å². The van der Waals surface area contributed by atoms with Gasteiger partial charge in [0, 0.05) is 99.6 Å². The van der Waals surface area contributed by atoms with Crippen molar-refractivity contribution in [2.45, 2.75) is 33.0 Å². The number of nitrogens with zero attached hydrogens (tertiary/aromatic N) is 6. The summed E-state index contributed by atoms with van der Waals surface area (Å²) < 4.78 is 20.3. The third-order valence-electron chi connectivity index (χ3n) is 7.22. The van der Waals surface area contributed by atoms with Gasteiger partial charge in [-0.2, -0.15) is 0 Å². The largest absolute Gasteiger partial charge is 2.00 e. The van der Waals surface area contributed by atoms with Crippen molar-refractivity contribution < 1.29 is 132 Å². The van der Waals surface area contributed by atoms with Crippen molar-refractivity contribution in [1.29, 1.82) is 0 Å². The molecule has 3 radical (unpaired) electrons. The van der Waals surface area contributed by atoms with E-state index < -0.39 is 33.0 Å². The Bertz CT molecular complexity index is 684. The van der Waals surface area contributed by atoms with E-state index in [-0.39, 0.29) is 116 Å². The second-order valence-corrected chi connectivity index (χ2v) is 13.8. The molecule has 0 aromatic rings. The van der Waals surface area contributed by atoms with Crippen LogP contribution in [0.3, 0.4) is 0 Å². The van der Waals surface area contributed by atoms with Gasteiger partial charge in [0.2, 0.25) is 0 Å². The molecule has 0 aliphatic carbocycles. The fourth-order valence-corrected chi connectivity index (χ4v) is 4.85. The molecule has 4 rings (SSSR count). The van der Waals surface area contributed by atoms with Gasteiger partial charge >= 0.3 is 68.3 Å². The first-order chi connectivity index (χ1) is 24.6. The van der Waals surface area contributed by atoms with Crippen LogP contribution in [0.5, 0.6) is 0 Å². The molecule has 8 N–H and O–H groups in total. The molecule has 0 aromatic carbocycles. The summed E-state index contributed by atoms with van der Waals surface area (Å²) in [4.78, 5) is 10.8. The zero-order chi connectivity index (χ0) is 39.9. The zero-order valence-corrected chi connectivity index (χ0v) is 42.6. The van der Waals surface area contributed by atoms with Gasteiger partial charge in [-0.15, -0.1) is 0 Å². The monoisotopic (exact) mass is 1230 g/mol. The Hall–Kier alpha value is 4.50. The van der Waals surface area contributed by atoms with Crippen molar-refractivity contribution in [3.8, 4) is 0 Å². The van der Waals surface area contributed by atoms with Gasteiger partial charge in [0.15, 0.2) is 0 Å². The predicted octanol–water partition coefficient (Wildman–Crippen LogP) is 0.377. The van der Waals surface area contributed by atoms with E-state index >= 15 is 0 Å². The van der Waals surface area contributed by atoms with E-state index in [9.17, 15) is 0 Å². The second kappa shape index (κ2) is 54.1. The summed E-state index contributed by atoms with van der Waals surface area (Å²) in [6.45, 7) is 13.5. The molecule has 4 saturated heterocycles. The van der Waals surface area contributed by atoms with Gasteiger partial charge in [0.1, 0.15) is 0 Å². The van der Waals surface area contributed by atoms with Crippen molar-refractivity contribution >= 4 is 75.8 Å². The molecule has 0 spiro atoms. The Balaban J connectivity index is -0.0000000846. The molecule has 6 atom stereocenters. The summed E-state index contributed by atoms with van der Waals surface area (Å²) in [6.07, 6.45) is 0. The average Bonchev–Trinajstić information content (AvgIpc) is 3.14. The van der Waals surface area contributed by atoms with Crippen LogP contribution < -0.4 is 0 Å². The Morgan fingerprint density at radius 1 is 0.448 bits per heavy atom. The SMILES string of the molecule is CN(CCO)C([NH-])[S-].CN(CCO)C([NH-])[S-].[Cu+2].[Cu+].[Cu+].[Cu+].[Cu].[Cu].[NH-]C([S-])N1CCOCC1.[NH-]C([S-])N1CCOCC1.[NH-]C([S-])N1CCOCC1.[NH-]C([S-])N1CCOCC1. The van der Waals surface area contributed by atoms with Gasteiger partial charge in [-0.05, 0) is 14.1 Å². The van der Waals surface area contributed by atoms with Crippen LogP contribution in [-0.4, -0.2) is 218 Å². The number of likely N-dealkylation sites (N-methyl/N-ethyl adjacent to an activating group) is 2. The third kappa shape index (κ3) is 48.4. The first-order valence-electron chi connectivity index (χ1n) is 16.7. The Labute approximate surface area is 445 Å². The van der Waals surface area contributed by atoms with Crippen LogP contribution in [0.2, 0.25) is 0 Å². The van der Waals surface area contributed by atoms with Crippen LogP contribution >= 0.6 is 0 Å². The van der Waals surface area contributed by atoms with E-state index in [0.29, 0.717) is 13.1 Å². The summed E-state index contributed by atoms with van der Waals surface area (Å²) in [7, 11) is 3.42. The number of aliphatic hydroxyl groups excluding tert-OH is 2.